The first-order valence-corrected chi connectivity index (χ1v) is 18.0. The van der Waals surface area contributed by atoms with Crippen molar-refractivity contribution in [2.24, 2.45) is 5.41 Å². The zero-order valence-electron chi connectivity index (χ0n) is 28.2. The second kappa shape index (κ2) is 12.1. The summed E-state index contributed by atoms with van der Waals surface area (Å²) in [7, 11) is -1.35. The number of rotatable bonds is 7. The summed E-state index contributed by atoms with van der Waals surface area (Å²) in [5.74, 6) is 1.66. The van der Waals surface area contributed by atoms with Crippen LogP contribution in [0.5, 0.6) is 5.75 Å². The number of sulfonamides is 1. The first kappa shape index (κ1) is 32.8. The van der Waals surface area contributed by atoms with Gasteiger partial charge in [0.2, 0.25) is 10.0 Å². The summed E-state index contributed by atoms with van der Waals surface area (Å²) >= 11 is 0. The van der Waals surface area contributed by atoms with Crippen molar-refractivity contribution in [3.63, 3.8) is 0 Å². The second-order valence-electron chi connectivity index (χ2n) is 14.8. The highest BCUT2D eigenvalue weighted by Gasteiger charge is 2.38. The van der Waals surface area contributed by atoms with E-state index in [1.165, 1.54) is 0 Å². The third-order valence-electron chi connectivity index (χ3n) is 9.03. The summed E-state index contributed by atoms with van der Waals surface area (Å²) in [6.07, 6.45) is 5.30. The van der Waals surface area contributed by atoms with E-state index in [4.69, 9.17) is 4.74 Å². The zero-order valence-corrected chi connectivity index (χ0v) is 29.0. The molecule has 0 bridgehead atoms. The molecule has 2 aromatic carbocycles. The first-order valence-electron chi connectivity index (χ1n) is 16.1. The van der Waals surface area contributed by atoms with Crippen LogP contribution in [0, 0.1) is 5.41 Å². The number of fused-ring (bicyclic) bond motifs is 2. The molecule has 1 unspecified atom stereocenters. The lowest BCUT2D eigenvalue weighted by Gasteiger charge is -2.32. The molecule has 0 spiro atoms. The summed E-state index contributed by atoms with van der Waals surface area (Å²) in [5, 5.41) is 15.0. The van der Waals surface area contributed by atoms with Crippen LogP contribution in [0.4, 0.5) is 16.2 Å². The Morgan fingerprint density at radius 1 is 1.00 bits per heavy atom. The van der Waals surface area contributed by atoms with Crippen molar-refractivity contribution < 1.29 is 17.9 Å². The number of aromatic nitrogens is 3. The first-order chi connectivity index (χ1) is 22.0. The number of hydrogen-bond donors (Lipinski definition) is 3. The maximum atomic E-state index is 13.3. The summed E-state index contributed by atoms with van der Waals surface area (Å²) in [4.78, 5) is 15.7. The minimum Gasteiger partial charge on any atom is -0.484 e. The number of carbonyl (C=O) groups excluding carboxylic acids is 1. The van der Waals surface area contributed by atoms with Gasteiger partial charge in [-0.1, -0.05) is 58.9 Å². The normalized spacial score (nSPS) is 21.3. The Labute approximate surface area is 277 Å². The van der Waals surface area contributed by atoms with Gasteiger partial charge in [-0.25, -0.2) is 13.2 Å². The van der Waals surface area contributed by atoms with Crippen LogP contribution in [-0.4, -0.2) is 53.8 Å². The highest BCUT2D eigenvalue weighted by Crippen LogP contribution is 2.42. The summed E-state index contributed by atoms with van der Waals surface area (Å²) in [6.45, 7) is 11.7. The number of nitrogens with zero attached hydrogens (tertiary/aromatic N) is 4. The fraction of sp³-hybridized carbons (Fsp3) is 0.457. The maximum Gasteiger partial charge on any atom is 0.319 e. The number of ether oxygens (including phenoxy) is 1. The Bertz CT molecular complexity index is 1910. The quantitative estimate of drug-likeness (QED) is 0.204. The summed E-state index contributed by atoms with van der Waals surface area (Å²) in [5.41, 5.74) is 4.56. The minimum atomic E-state index is -3.49. The van der Waals surface area contributed by atoms with Gasteiger partial charge in [0, 0.05) is 12.2 Å². The second-order valence-corrected chi connectivity index (χ2v) is 16.6. The van der Waals surface area contributed by atoms with Crippen LogP contribution in [0.15, 0.2) is 60.8 Å². The van der Waals surface area contributed by atoms with Gasteiger partial charge < -0.3 is 15.4 Å². The molecule has 12 heteroatoms. The minimum absolute atomic E-state index is 0.183. The monoisotopic (exact) mass is 659 g/mol. The van der Waals surface area contributed by atoms with Gasteiger partial charge in [0.1, 0.15) is 11.9 Å². The molecule has 11 nitrogen and oxygen atoms in total. The fourth-order valence-electron chi connectivity index (χ4n) is 6.92. The molecule has 3 atom stereocenters. The Morgan fingerprint density at radius 3 is 2.40 bits per heavy atom. The maximum absolute atomic E-state index is 13.3. The Balaban J connectivity index is 1.18. The number of amides is 2. The molecule has 0 saturated carbocycles. The van der Waals surface area contributed by atoms with Gasteiger partial charge in [-0.05, 0) is 84.2 Å². The lowest BCUT2D eigenvalue weighted by Crippen LogP contribution is -2.35. The molecule has 3 N–H and O–H groups in total. The van der Waals surface area contributed by atoms with E-state index in [-0.39, 0.29) is 35.0 Å². The van der Waals surface area contributed by atoms with Crippen LogP contribution in [-0.2, 0) is 15.4 Å². The number of likely N-dealkylation sites (tertiary alicyclic amines) is 1. The Hall–Kier alpha value is -4.16. The molecule has 2 amide bonds. The molecule has 1 aliphatic heterocycles. The molecule has 250 valence electrons. The molecule has 4 aromatic rings. The zero-order chi connectivity index (χ0) is 33.7. The third kappa shape index (κ3) is 7.38. The van der Waals surface area contributed by atoms with Crippen LogP contribution in [0.2, 0.25) is 0 Å². The van der Waals surface area contributed by atoms with E-state index >= 15 is 0 Å². The van der Waals surface area contributed by atoms with Crippen molar-refractivity contribution in [2.75, 3.05) is 29.9 Å². The van der Waals surface area contributed by atoms with E-state index in [1.54, 1.807) is 12.1 Å². The molecular formula is C35H45N7O4S. The number of benzene rings is 2. The smallest absolute Gasteiger partial charge is 0.319 e. The largest absolute Gasteiger partial charge is 0.484 e. The van der Waals surface area contributed by atoms with Gasteiger partial charge in [-0.2, -0.15) is 0 Å². The van der Waals surface area contributed by atoms with Gasteiger partial charge in [-0.3, -0.25) is 14.0 Å². The van der Waals surface area contributed by atoms with Gasteiger partial charge in [0.05, 0.1) is 30.2 Å². The molecule has 3 heterocycles. The lowest BCUT2D eigenvalue weighted by molar-refractivity contribution is 0.171. The standard InChI is InChI=1S/C35H45N7O4S/c1-34(2,3)22-16-23(18-24(17-22)40-47(7,44)45)36-33(43)37-28-13-14-30(27-11-9-8-10-26(27)28)46-25-12-15-31-38-39-32(42(31)20-25)29-19-35(4,5)21-41(29)6/h8-12,15-18,20,28-30,40H,13-14,19,21H2,1-7H3,(H2,36,37,43)/t28-,29?,30+/m0/s1. The van der Waals surface area contributed by atoms with Crippen molar-refractivity contribution in [3.8, 4) is 5.75 Å². The molecule has 2 aromatic heterocycles. The van der Waals surface area contributed by atoms with Crippen LogP contribution in [0.25, 0.3) is 5.65 Å². The highest BCUT2D eigenvalue weighted by molar-refractivity contribution is 7.92. The van der Waals surface area contributed by atoms with Crippen molar-refractivity contribution in [1.29, 1.82) is 0 Å². The van der Waals surface area contributed by atoms with Crippen LogP contribution >= 0.6 is 0 Å². The molecule has 1 fully saturated rings. The lowest BCUT2D eigenvalue weighted by atomic mass is 9.85. The van der Waals surface area contributed by atoms with Crippen LogP contribution in [0.1, 0.15) is 94.6 Å². The van der Waals surface area contributed by atoms with Gasteiger partial charge in [0.15, 0.2) is 11.5 Å². The van der Waals surface area contributed by atoms with E-state index in [9.17, 15) is 13.2 Å². The summed E-state index contributed by atoms with van der Waals surface area (Å²) in [6, 6.07) is 16.8. The number of urea groups is 1. The van der Waals surface area contributed by atoms with E-state index in [2.05, 4.69) is 57.4 Å². The van der Waals surface area contributed by atoms with Gasteiger partial charge >= 0.3 is 6.03 Å². The molecule has 2 aliphatic rings. The van der Waals surface area contributed by atoms with Crippen LogP contribution < -0.4 is 20.1 Å². The Morgan fingerprint density at radius 2 is 1.72 bits per heavy atom. The van der Waals surface area contributed by atoms with E-state index < -0.39 is 10.0 Å². The molecular weight excluding hydrogens is 614 g/mol. The topological polar surface area (TPSA) is 130 Å². The van der Waals surface area contributed by atoms with Crippen molar-refractivity contribution in [1.82, 2.24) is 24.8 Å². The van der Waals surface area contributed by atoms with Gasteiger partial charge in [-0.15, -0.1) is 10.2 Å². The van der Waals surface area contributed by atoms with E-state index in [1.807, 2.05) is 67.8 Å². The van der Waals surface area contributed by atoms with Gasteiger partial charge in [0.25, 0.3) is 0 Å². The molecule has 0 radical (unpaired) electrons. The number of anilines is 2. The predicted molar refractivity (Wildman–Crippen MR) is 184 cm³/mol. The van der Waals surface area contributed by atoms with E-state index in [0.717, 1.165) is 53.1 Å². The SMILES string of the molecule is CN1CC(C)(C)CC1c1nnc2ccc(O[C@@H]3CC[C@H](NC(=O)Nc4cc(NS(C)(=O)=O)cc(C(C)(C)C)c4)c4ccccc43)cn12. The molecule has 1 aliphatic carbocycles. The third-order valence-corrected chi connectivity index (χ3v) is 9.64. The average Bonchev–Trinajstić information content (AvgIpc) is 3.50. The Kier molecular flexibility index (Phi) is 8.46. The molecule has 1 saturated heterocycles. The molecule has 47 heavy (non-hydrogen) atoms. The highest BCUT2D eigenvalue weighted by atomic mass is 32.2. The fourth-order valence-corrected chi connectivity index (χ4v) is 7.47. The van der Waals surface area contributed by atoms with Crippen molar-refractivity contribution in [2.45, 2.75) is 77.5 Å². The predicted octanol–water partition coefficient (Wildman–Crippen LogP) is 6.58. The number of carbonyl (C=O) groups is 1. The molecule has 6 rings (SSSR count). The van der Waals surface area contributed by atoms with Crippen molar-refractivity contribution >= 4 is 33.1 Å². The number of nitrogens with one attached hydrogen (secondary N) is 3. The van der Waals surface area contributed by atoms with Crippen molar-refractivity contribution in [3.05, 3.63) is 83.3 Å². The van der Waals surface area contributed by atoms with Crippen LogP contribution in [0.3, 0.4) is 0 Å². The summed E-state index contributed by atoms with van der Waals surface area (Å²) < 4.78 is 35.1. The van der Waals surface area contributed by atoms with E-state index in [0.29, 0.717) is 24.2 Å². The average molecular weight is 660 g/mol. The number of hydrogen-bond acceptors (Lipinski definition) is 7. The number of pyridine rings is 1.